The van der Waals surface area contributed by atoms with Gasteiger partial charge in [-0.05, 0) is 23.8 Å². The highest BCUT2D eigenvalue weighted by atomic mass is 19.4. The van der Waals surface area contributed by atoms with Crippen LogP contribution in [0.1, 0.15) is 11.3 Å². The van der Waals surface area contributed by atoms with E-state index < -0.39 is 17.7 Å². The predicted molar refractivity (Wildman–Crippen MR) is 62.3 cm³/mol. The molecule has 2 aromatic rings. The Hall–Kier alpha value is -2.18. The zero-order chi connectivity index (χ0) is 14.8. The third kappa shape index (κ3) is 3.66. The third-order valence-electron chi connectivity index (χ3n) is 2.58. The van der Waals surface area contributed by atoms with Crippen LogP contribution in [-0.2, 0) is 23.9 Å². The van der Waals surface area contributed by atoms with Crippen molar-refractivity contribution in [3.8, 4) is 0 Å². The number of Topliss-reactive ketones (excluding diaryl/α,β-unsaturated/α-hetero) is 1. The van der Waals surface area contributed by atoms with Crippen molar-refractivity contribution < 1.29 is 22.4 Å². The molecule has 3 nitrogen and oxygen atoms in total. The fraction of sp³-hybridized carbons (Fsp3) is 0.231. The Morgan fingerprint density at radius 1 is 1.15 bits per heavy atom. The highest BCUT2D eigenvalue weighted by Gasteiger charge is 2.33. The van der Waals surface area contributed by atoms with Crippen molar-refractivity contribution in [1.82, 2.24) is 9.78 Å². The van der Waals surface area contributed by atoms with Gasteiger partial charge in [-0.2, -0.15) is 18.3 Å². The van der Waals surface area contributed by atoms with Gasteiger partial charge in [0.2, 0.25) is 0 Å². The summed E-state index contributed by atoms with van der Waals surface area (Å²) >= 11 is 0. The number of nitrogens with zero attached hydrogens (tertiary/aromatic N) is 2. The van der Waals surface area contributed by atoms with Gasteiger partial charge in [-0.15, -0.1) is 0 Å². The van der Waals surface area contributed by atoms with E-state index in [1.54, 1.807) is 0 Å². The van der Waals surface area contributed by atoms with Gasteiger partial charge in [0, 0.05) is 12.6 Å². The van der Waals surface area contributed by atoms with Gasteiger partial charge < -0.3 is 0 Å². The molecular formula is C13H10F4N2O. The van der Waals surface area contributed by atoms with E-state index in [4.69, 9.17) is 0 Å². The van der Waals surface area contributed by atoms with Crippen LogP contribution in [0.15, 0.2) is 36.5 Å². The number of alkyl halides is 3. The lowest BCUT2D eigenvalue weighted by Crippen LogP contribution is -2.14. The molecule has 0 atom stereocenters. The number of hydrogen-bond acceptors (Lipinski definition) is 2. The average Bonchev–Trinajstić information content (AvgIpc) is 2.80. The smallest absolute Gasteiger partial charge is 0.297 e. The van der Waals surface area contributed by atoms with Crippen molar-refractivity contribution in [1.29, 1.82) is 0 Å². The van der Waals surface area contributed by atoms with E-state index in [1.807, 2.05) is 0 Å². The Bertz CT molecular complexity index is 602. The highest BCUT2D eigenvalue weighted by molar-refractivity contribution is 5.80. The van der Waals surface area contributed by atoms with E-state index in [0.717, 1.165) is 16.9 Å². The Morgan fingerprint density at radius 2 is 1.80 bits per heavy atom. The normalized spacial score (nSPS) is 11.6. The molecule has 0 aliphatic heterocycles. The van der Waals surface area contributed by atoms with Gasteiger partial charge in [0.25, 0.3) is 0 Å². The number of halogens is 4. The molecule has 0 aliphatic carbocycles. The summed E-state index contributed by atoms with van der Waals surface area (Å²) in [5.41, 5.74) is -0.438. The largest absolute Gasteiger partial charge is 0.435 e. The van der Waals surface area contributed by atoms with Crippen LogP contribution in [-0.4, -0.2) is 15.6 Å². The maximum Gasteiger partial charge on any atom is 0.435 e. The first-order chi connectivity index (χ1) is 9.34. The Labute approximate surface area is 111 Å². The molecule has 0 radical (unpaired) electrons. The number of hydrogen-bond donors (Lipinski definition) is 0. The van der Waals surface area contributed by atoms with E-state index in [1.165, 1.54) is 24.3 Å². The van der Waals surface area contributed by atoms with E-state index >= 15 is 0 Å². The van der Waals surface area contributed by atoms with Gasteiger partial charge in [0.1, 0.15) is 5.82 Å². The zero-order valence-corrected chi connectivity index (χ0v) is 10.2. The summed E-state index contributed by atoms with van der Waals surface area (Å²) in [4.78, 5) is 11.7. The van der Waals surface area contributed by atoms with Gasteiger partial charge in [-0.25, -0.2) is 4.39 Å². The molecule has 0 saturated heterocycles. The molecule has 20 heavy (non-hydrogen) atoms. The maximum atomic E-state index is 12.7. The summed E-state index contributed by atoms with van der Waals surface area (Å²) in [7, 11) is 0. The molecule has 0 fully saturated rings. The summed E-state index contributed by atoms with van der Waals surface area (Å²) in [6.45, 7) is -0.256. The topological polar surface area (TPSA) is 34.9 Å². The summed E-state index contributed by atoms with van der Waals surface area (Å²) in [6.07, 6.45) is -3.40. The van der Waals surface area contributed by atoms with Gasteiger partial charge in [-0.1, -0.05) is 12.1 Å². The molecule has 1 aromatic carbocycles. The van der Waals surface area contributed by atoms with Crippen LogP contribution in [0.5, 0.6) is 0 Å². The summed E-state index contributed by atoms with van der Waals surface area (Å²) in [6, 6.07) is 6.16. The first-order valence-electron chi connectivity index (χ1n) is 5.71. The second-order valence-electron chi connectivity index (χ2n) is 4.24. The van der Waals surface area contributed by atoms with Crippen LogP contribution >= 0.6 is 0 Å². The number of benzene rings is 1. The molecule has 0 unspecified atom stereocenters. The molecular weight excluding hydrogens is 276 g/mol. The summed E-state index contributed by atoms with van der Waals surface area (Å²) < 4.78 is 50.6. The number of ketones is 1. The van der Waals surface area contributed by atoms with Crippen LogP contribution in [0, 0.1) is 5.82 Å². The van der Waals surface area contributed by atoms with Crippen molar-refractivity contribution in [3.63, 3.8) is 0 Å². The minimum atomic E-state index is -4.52. The van der Waals surface area contributed by atoms with Gasteiger partial charge in [0.15, 0.2) is 11.5 Å². The molecule has 106 valence electrons. The monoisotopic (exact) mass is 286 g/mol. The summed E-state index contributed by atoms with van der Waals surface area (Å²) in [5.74, 6) is -0.725. The fourth-order valence-electron chi connectivity index (χ4n) is 1.67. The van der Waals surface area contributed by atoms with Crippen molar-refractivity contribution in [3.05, 3.63) is 53.6 Å². The van der Waals surface area contributed by atoms with Crippen molar-refractivity contribution in [2.75, 3.05) is 0 Å². The Kier molecular flexibility index (Phi) is 3.87. The van der Waals surface area contributed by atoms with Crippen LogP contribution in [0.2, 0.25) is 0 Å². The average molecular weight is 286 g/mol. The third-order valence-corrected chi connectivity index (χ3v) is 2.58. The van der Waals surface area contributed by atoms with Gasteiger partial charge in [0.05, 0.1) is 6.54 Å². The lowest BCUT2D eigenvalue weighted by atomic mass is 10.1. The van der Waals surface area contributed by atoms with Crippen molar-refractivity contribution >= 4 is 5.78 Å². The van der Waals surface area contributed by atoms with Crippen molar-refractivity contribution in [2.24, 2.45) is 0 Å². The summed E-state index contributed by atoms with van der Waals surface area (Å²) in [5, 5.41) is 3.29. The number of carbonyl (C=O) groups is 1. The second-order valence-corrected chi connectivity index (χ2v) is 4.24. The quantitative estimate of drug-likeness (QED) is 0.810. The molecule has 2 rings (SSSR count). The van der Waals surface area contributed by atoms with Crippen LogP contribution < -0.4 is 0 Å². The molecule has 1 aromatic heterocycles. The lowest BCUT2D eigenvalue weighted by Gasteiger charge is -2.03. The van der Waals surface area contributed by atoms with Gasteiger partial charge >= 0.3 is 6.18 Å². The first-order valence-corrected chi connectivity index (χ1v) is 5.71. The fourth-order valence-corrected chi connectivity index (χ4v) is 1.67. The zero-order valence-electron chi connectivity index (χ0n) is 10.2. The van der Waals surface area contributed by atoms with Crippen LogP contribution in [0.4, 0.5) is 17.6 Å². The van der Waals surface area contributed by atoms with E-state index in [2.05, 4.69) is 5.10 Å². The van der Waals surface area contributed by atoms with E-state index in [0.29, 0.717) is 5.56 Å². The lowest BCUT2D eigenvalue weighted by molar-refractivity contribution is -0.141. The minimum Gasteiger partial charge on any atom is -0.297 e. The molecule has 0 spiro atoms. The molecule has 0 N–H and O–H groups in total. The molecule has 0 aliphatic rings. The standard InChI is InChI=1S/C13H10F4N2O/c14-10-3-1-9(2-4-10)7-11(20)8-19-6-5-12(18-19)13(15,16)17/h1-6H,7-8H2. The van der Waals surface area contributed by atoms with Crippen LogP contribution in [0.3, 0.4) is 0 Å². The number of rotatable bonds is 4. The Balaban J connectivity index is 1.98. The minimum absolute atomic E-state index is 0.0154. The molecule has 0 amide bonds. The van der Waals surface area contributed by atoms with E-state index in [9.17, 15) is 22.4 Å². The van der Waals surface area contributed by atoms with Gasteiger partial charge in [-0.3, -0.25) is 9.48 Å². The highest BCUT2D eigenvalue weighted by Crippen LogP contribution is 2.27. The predicted octanol–water partition coefficient (Wildman–Crippen LogP) is 2.85. The second kappa shape index (κ2) is 5.44. The molecule has 7 heteroatoms. The molecule has 0 bridgehead atoms. The maximum absolute atomic E-state index is 12.7. The molecule has 1 heterocycles. The van der Waals surface area contributed by atoms with E-state index in [-0.39, 0.29) is 18.7 Å². The number of aromatic nitrogens is 2. The first kappa shape index (κ1) is 14.2. The Morgan fingerprint density at radius 3 is 2.35 bits per heavy atom. The van der Waals surface area contributed by atoms with Crippen molar-refractivity contribution in [2.45, 2.75) is 19.1 Å². The SMILES string of the molecule is O=C(Cc1ccc(F)cc1)Cn1ccc(C(F)(F)F)n1. The molecule has 0 saturated carbocycles. The number of carbonyl (C=O) groups excluding carboxylic acids is 1. The van der Waals surface area contributed by atoms with Crippen LogP contribution in [0.25, 0.3) is 0 Å².